The molecule has 0 saturated heterocycles. The topological polar surface area (TPSA) is 78.9 Å². The quantitative estimate of drug-likeness (QED) is 0.454. The summed E-state index contributed by atoms with van der Waals surface area (Å²) in [7, 11) is -3.17. The molecule has 2 heterocycles. The van der Waals surface area contributed by atoms with E-state index in [1.807, 2.05) is 22.6 Å². The first-order valence-corrected chi connectivity index (χ1v) is 7.77. The molecule has 0 N–H and O–H groups in total. The molecule has 8 heteroatoms. The van der Waals surface area contributed by atoms with Crippen LogP contribution in [0.25, 0.3) is 11.0 Å². The monoisotopic (exact) mass is 367 g/mol. The minimum absolute atomic E-state index is 0.0512. The van der Waals surface area contributed by atoms with Crippen LogP contribution in [-0.2, 0) is 15.7 Å². The Morgan fingerprint density at radius 1 is 1.59 bits per heavy atom. The third kappa shape index (κ3) is 2.51. The summed E-state index contributed by atoms with van der Waals surface area (Å²) in [6.07, 6.45) is 2.80. The van der Waals surface area contributed by atoms with Crippen LogP contribution in [0.5, 0.6) is 0 Å². The van der Waals surface area contributed by atoms with Crippen molar-refractivity contribution in [1.82, 2.24) is 9.78 Å². The van der Waals surface area contributed by atoms with Crippen LogP contribution < -0.4 is 4.73 Å². The van der Waals surface area contributed by atoms with Crippen LogP contribution in [0.15, 0.2) is 18.5 Å². The highest BCUT2D eigenvalue weighted by Gasteiger charge is 2.16. The summed E-state index contributed by atoms with van der Waals surface area (Å²) in [4.78, 5) is 0. The summed E-state index contributed by atoms with van der Waals surface area (Å²) < 4.78 is 25.8. The van der Waals surface area contributed by atoms with Crippen molar-refractivity contribution in [3.63, 3.8) is 0 Å². The average molecular weight is 367 g/mol. The molecule has 0 aliphatic rings. The smallest absolute Gasteiger partial charge is 0.262 e. The van der Waals surface area contributed by atoms with Gasteiger partial charge in [-0.2, -0.15) is 9.83 Å². The van der Waals surface area contributed by atoms with Crippen molar-refractivity contribution in [1.29, 1.82) is 0 Å². The number of pyridine rings is 1. The summed E-state index contributed by atoms with van der Waals surface area (Å²) in [6.45, 7) is 1.58. The lowest BCUT2D eigenvalue weighted by molar-refractivity contribution is -0.577. The highest BCUT2D eigenvalue weighted by atomic mass is 127. The maximum atomic E-state index is 11.6. The molecule has 0 aliphatic carbocycles. The summed E-state index contributed by atoms with van der Waals surface area (Å²) >= 11 is 2.00. The minimum Gasteiger partial charge on any atom is -0.618 e. The molecule has 0 bridgehead atoms. The first kappa shape index (κ1) is 12.6. The molecule has 0 aromatic carbocycles. The molecular weight excluding hydrogens is 357 g/mol. The molecule has 0 saturated carbocycles. The van der Waals surface area contributed by atoms with Gasteiger partial charge in [0.15, 0.2) is 16.0 Å². The van der Waals surface area contributed by atoms with Gasteiger partial charge in [0.1, 0.15) is 17.6 Å². The van der Waals surface area contributed by atoms with Gasteiger partial charge < -0.3 is 5.21 Å². The number of hydrogen-bond donors (Lipinski definition) is 0. The highest BCUT2D eigenvalue weighted by Crippen LogP contribution is 2.14. The molecule has 6 nitrogen and oxygen atoms in total. The van der Waals surface area contributed by atoms with Crippen LogP contribution >= 0.6 is 22.6 Å². The van der Waals surface area contributed by atoms with Crippen molar-refractivity contribution in [2.75, 3.05) is 5.75 Å². The standard InChI is InChI=1S/C9H10IN3O3S/c1-2-17(15,16)6-12-8-3-7(10)5-13(14)9(8)4-11-12/h3-5H,2,6H2,1H3. The van der Waals surface area contributed by atoms with Crippen LogP contribution in [0, 0.1) is 8.78 Å². The molecule has 2 aromatic rings. The summed E-state index contributed by atoms with van der Waals surface area (Å²) in [5, 5.41) is 15.5. The molecular formula is C9H10IN3O3S. The average Bonchev–Trinajstić information content (AvgIpc) is 2.61. The van der Waals surface area contributed by atoms with Crippen molar-refractivity contribution in [3.05, 3.63) is 27.2 Å². The molecule has 0 aliphatic heterocycles. The zero-order chi connectivity index (χ0) is 12.6. The molecule has 92 valence electrons. The SMILES string of the molecule is CCS(=O)(=O)Cn1ncc2c1cc(I)c[n+]2[O-]. The van der Waals surface area contributed by atoms with E-state index in [4.69, 9.17) is 0 Å². The fraction of sp³-hybridized carbons (Fsp3) is 0.333. The zero-order valence-corrected chi connectivity index (χ0v) is 12.0. The Balaban J connectivity index is 2.57. The maximum absolute atomic E-state index is 11.6. The lowest BCUT2D eigenvalue weighted by Gasteiger charge is -2.03. The predicted octanol–water partition coefficient (Wildman–Crippen LogP) is 0.666. The molecule has 0 fully saturated rings. The number of sulfone groups is 1. The number of rotatable bonds is 3. The predicted molar refractivity (Wildman–Crippen MR) is 70.9 cm³/mol. The van der Waals surface area contributed by atoms with Gasteiger partial charge >= 0.3 is 0 Å². The van der Waals surface area contributed by atoms with E-state index in [-0.39, 0.29) is 11.6 Å². The van der Waals surface area contributed by atoms with Gasteiger partial charge in [-0.3, -0.25) is 0 Å². The first-order valence-electron chi connectivity index (χ1n) is 4.87. The molecule has 0 amide bonds. The molecule has 0 spiro atoms. The van der Waals surface area contributed by atoms with Crippen LogP contribution in [0.1, 0.15) is 6.92 Å². The number of halogens is 1. The number of fused-ring (bicyclic) bond motifs is 1. The zero-order valence-electron chi connectivity index (χ0n) is 9.00. The van der Waals surface area contributed by atoms with Crippen molar-refractivity contribution >= 4 is 43.5 Å². The van der Waals surface area contributed by atoms with Gasteiger partial charge in [-0.15, -0.1) is 0 Å². The summed E-state index contributed by atoms with van der Waals surface area (Å²) in [5.41, 5.74) is 0.903. The van der Waals surface area contributed by atoms with Gasteiger partial charge in [0.2, 0.25) is 0 Å². The van der Waals surface area contributed by atoms with Crippen LogP contribution in [0.3, 0.4) is 0 Å². The Bertz CT molecular complexity index is 665. The minimum atomic E-state index is -3.17. The van der Waals surface area contributed by atoms with E-state index in [0.29, 0.717) is 15.8 Å². The second-order valence-corrected chi connectivity index (χ2v) is 7.13. The van der Waals surface area contributed by atoms with E-state index in [9.17, 15) is 13.6 Å². The molecule has 2 rings (SSSR count). The van der Waals surface area contributed by atoms with Crippen LogP contribution in [0.2, 0.25) is 0 Å². The van der Waals surface area contributed by atoms with E-state index < -0.39 is 9.84 Å². The second-order valence-electron chi connectivity index (χ2n) is 3.56. The van der Waals surface area contributed by atoms with Crippen molar-refractivity contribution < 1.29 is 13.1 Å². The van der Waals surface area contributed by atoms with Crippen LogP contribution in [0.4, 0.5) is 0 Å². The summed E-state index contributed by atoms with van der Waals surface area (Å²) in [5.74, 6) is -0.150. The molecule has 0 atom stereocenters. The molecule has 17 heavy (non-hydrogen) atoms. The van der Waals surface area contributed by atoms with Gasteiger partial charge in [-0.25, -0.2) is 13.1 Å². The molecule has 0 radical (unpaired) electrons. The van der Waals surface area contributed by atoms with Crippen molar-refractivity contribution in [2.24, 2.45) is 0 Å². The van der Waals surface area contributed by atoms with E-state index >= 15 is 0 Å². The van der Waals surface area contributed by atoms with Crippen molar-refractivity contribution in [3.8, 4) is 0 Å². The van der Waals surface area contributed by atoms with E-state index in [1.54, 1.807) is 13.0 Å². The van der Waals surface area contributed by atoms with E-state index in [0.717, 1.165) is 3.57 Å². The Morgan fingerprint density at radius 3 is 2.94 bits per heavy atom. The largest absolute Gasteiger partial charge is 0.618 e. The fourth-order valence-corrected chi connectivity index (χ4v) is 2.74. The Morgan fingerprint density at radius 2 is 2.29 bits per heavy atom. The molecule has 0 unspecified atom stereocenters. The lowest BCUT2D eigenvalue weighted by atomic mass is 10.4. The Hall–Kier alpha value is -0.900. The third-order valence-corrected chi connectivity index (χ3v) is 4.48. The van der Waals surface area contributed by atoms with E-state index in [2.05, 4.69) is 5.10 Å². The van der Waals surface area contributed by atoms with Crippen LogP contribution in [-0.4, -0.2) is 24.0 Å². The van der Waals surface area contributed by atoms with E-state index in [1.165, 1.54) is 17.1 Å². The van der Waals surface area contributed by atoms with Gasteiger partial charge in [0.25, 0.3) is 5.52 Å². The van der Waals surface area contributed by atoms with Gasteiger partial charge in [-0.1, -0.05) is 6.92 Å². The lowest BCUT2D eigenvalue weighted by Crippen LogP contribution is -2.26. The Labute approximate surface area is 112 Å². The van der Waals surface area contributed by atoms with Gasteiger partial charge in [0, 0.05) is 5.75 Å². The number of nitrogens with zero attached hydrogens (tertiary/aromatic N) is 3. The maximum Gasteiger partial charge on any atom is 0.262 e. The first-order chi connectivity index (χ1) is 7.93. The third-order valence-electron chi connectivity index (χ3n) is 2.37. The number of aromatic nitrogens is 3. The van der Waals surface area contributed by atoms with Gasteiger partial charge in [0.05, 0.1) is 3.57 Å². The summed E-state index contributed by atoms with van der Waals surface area (Å²) in [6, 6.07) is 1.74. The van der Waals surface area contributed by atoms with Crippen molar-refractivity contribution in [2.45, 2.75) is 12.8 Å². The number of hydrogen-bond acceptors (Lipinski definition) is 4. The highest BCUT2D eigenvalue weighted by molar-refractivity contribution is 14.1. The van der Waals surface area contributed by atoms with Gasteiger partial charge in [-0.05, 0) is 28.7 Å². The second kappa shape index (κ2) is 4.41. The fourth-order valence-electron chi connectivity index (χ4n) is 1.43. The molecule has 2 aromatic heterocycles. The Kier molecular flexibility index (Phi) is 3.25. The normalized spacial score (nSPS) is 12.1.